The Kier molecular flexibility index (Phi) is 2.26. The molecule has 0 fully saturated rings. The van der Waals surface area contributed by atoms with Gasteiger partial charge in [0.1, 0.15) is 0 Å². The van der Waals surface area contributed by atoms with Crippen LogP contribution in [0.1, 0.15) is 26.3 Å². The zero-order valence-electron chi connectivity index (χ0n) is 9.38. The van der Waals surface area contributed by atoms with Crippen LogP contribution < -0.4 is 4.90 Å². The van der Waals surface area contributed by atoms with E-state index >= 15 is 0 Å². The predicted molar refractivity (Wildman–Crippen MR) is 61.8 cm³/mol. The Morgan fingerprint density at radius 2 is 2.00 bits per heavy atom. The van der Waals surface area contributed by atoms with Crippen LogP contribution in [0.3, 0.4) is 0 Å². The third kappa shape index (κ3) is 1.63. The first kappa shape index (κ1) is 9.57. The van der Waals surface area contributed by atoms with Gasteiger partial charge in [-0.25, -0.2) is 0 Å². The van der Waals surface area contributed by atoms with Crippen molar-refractivity contribution in [3.63, 3.8) is 0 Å². The first-order valence-electron chi connectivity index (χ1n) is 5.45. The number of para-hydroxylation sites is 1. The Morgan fingerprint density at radius 1 is 1.29 bits per heavy atom. The van der Waals surface area contributed by atoms with Gasteiger partial charge in [-0.1, -0.05) is 32.0 Å². The number of nitrogens with zero attached hydrogens (tertiary/aromatic N) is 1. The second-order valence-electron chi connectivity index (χ2n) is 4.98. The third-order valence-corrected chi connectivity index (χ3v) is 3.00. The van der Waals surface area contributed by atoms with E-state index in [1.807, 2.05) is 0 Å². The van der Waals surface area contributed by atoms with E-state index in [2.05, 4.69) is 49.9 Å². The number of anilines is 1. The highest BCUT2D eigenvalue weighted by Crippen LogP contribution is 2.35. The van der Waals surface area contributed by atoms with Crippen LogP contribution in [0.4, 0.5) is 5.69 Å². The van der Waals surface area contributed by atoms with Crippen molar-refractivity contribution < 1.29 is 0 Å². The van der Waals surface area contributed by atoms with Crippen molar-refractivity contribution in [1.29, 1.82) is 0 Å². The van der Waals surface area contributed by atoms with Gasteiger partial charge in [0.15, 0.2) is 0 Å². The highest BCUT2D eigenvalue weighted by atomic mass is 15.1. The first-order valence-corrected chi connectivity index (χ1v) is 5.45. The summed E-state index contributed by atoms with van der Waals surface area (Å²) in [5.41, 5.74) is 3.37. The van der Waals surface area contributed by atoms with Gasteiger partial charge in [0.05, 0.1) is 0 Å². The molecule has 1 aliphatic heterocycles. The molecule has 0 aliphatic carbocycles. The molecule has 1 nitrogen and oxygen atoms in total. The van der Waals surface area contributed by atoms with Crippen LogP contribution in [0.2, 0.25) is 0 Å². The fourth-order valence-corrected chi connectivity index (χ4v) is 2.42. The van der Waals surface area contributed by atoms with Crippen LogP contribution in [0.25, 0.3) is 0 Å². The average Bonchev–Trinajstić information content (AvgIpc) is 2.15. The van der Waals surface area contributed by atoms with E-state index in [4.69, 9.17) is 0 Å². The van der Waals surface area contributed by atoms with E-state index in [0.717, 1.165) is 6.54 Å². The molecule has 0 aromatic heterocycles. The third-order valence-electron chi connectivity index (χ3n) is 3.00. The summed E-state index contributed by atoms with van der Waals surface area (Å²) in [5.74, 6) is 0. The normalized spacial score (nSPS) is 19.2. The summed E-state index contributed by atoms with van der Waals surface area (Å²) in [6.45, 7) is 9.23. The molecule has 1 aliphatic rings. The van der Waals surface area contributed by atoms with Crippen LogP contribution in [-0.2, 0) is 6.42 Å². The second-order valence-corrected chi connectivity index (χ2v) is 4.98. The van der Waals surface area contributed by atoms with Crippen molar-refractivity contribution in [3.05, 3.63) is 29.8 Å². The Morgan fingerprint density at radius 3 is 2.71 bits per heavy atom. The second kappa shape index (κ2) is 3.30. The Bertz CT molecular complexity index is 328. The number of fused-ring (bicyclic) bond motifs is 1. The van der Waals surface area contributed by atoms with Crippen molar-refractivity contribution in [2.45, 2.75) is 27.2 Å². The van der Waals surface area contributed by atoms with Gasteiger partial charge in [-0.3, -0.25) is 0 Å². The molecule has 0 saturated carbocycles. The molecule has 1 aromatic rings. The minimum Gasteiger partial charge on any atom is -0.371 e. The van der Waals surface area contributed by atoms with E-state index in [-0.39, 0.29) is 0 Å². The smallest absolute Gasteiger partial charge is 0.0399 e. The highest BCUT2D eigenvalue weighted by molar-refractivity contribution is 5.56. The highest BCUT2D eigenvalue weighted by Gasteiger charge is 2.28. The lowest BCUT2D eigenvalue weighted by atomic mass is 9.81. The minimum atomic E-state index is 0.421. The lowest BCUT2D eigenvalue weighted by Gasteiger charge is -2.40. The zero-order valence-corrected chi connectivity index (χ0v) is 9.38. The molecule has 1 heteroatoms. The Hall–Kier alpha value is -0.980. The monoisotopic (exact) mass is 189 g/mol. The van der Waals surface area contributed by atoms with Gasteiger partial charge in [-0.2, -0.15) is 0 Å². The summed E-state index contributed by atoms with van der Waals surface area (Å²) in [6, 6.07) is 8.79. The molecule has 1 heterocycles. The molecule has 0 N–H and O–H groups in total. The minimum absolute atomic E-state index is 0.421. The molecule has 1 aromatic carbocycles. The Balaban J connectivity index is 2.41. The lowest BCUT2D eigenvalue weighted by molar-refractivity contribution is 0.350. The molecular weight excluding hydrogens is 170 g/mol. The molecule has 76 valence electrons. The van der Waals surface area contributed by atoms with E-state index in [1.165, 1.54) is 24.2 Å². The molecule has 0 bridgehead atoms. The maximum Gasteiger partial charge on any atom is 0.0399 e. The molecule has 0 saturated heterocycles. The molecule has 0 amide bonds. The van der Waals surface area contributed by atoms with Crippen molar-refractivity contribution in [3.8, 4) is 0 Å². The summed E-state index contributed by atoms with van der Waals surface area (Å²) >= 11 is 0. The number of rotatable bonds is 1. The summed E-state index contributed by atoms with van der Waals surface area (Å²) in [6.07, 6.45) is 1.21. The van der Waals surface area contributed by atoms with Gasteiger partial charge < -0.3 is 4.90 Å². The van der Waals surface area contributed by atoms with Crippen molar-refractivity contribution >= 4 is 5.69 Å². The van der Waals surface area contributed by atoms with Crippen LogP contribution in [0.15, 0.2) is 24.3 Å². The van der Waals surface area contributed by atoms with Crippen LogP contribution in [0.5, 0.6) is 0 Å². The number of benzene rings is 1. The molecule has 0 unspecified atom stereocenters. The van der Waals surface area contributed by atoms with Crippen LogP contribution in [0, 0.1) is 5.41 Å². The Labute approximate surface area is 86.7 Å². The fourth-order valence-electron chi connectivity index (χ4n) is 2.42. The molecular formula is C13H19N. The van der Waals surface area contributed by atoms with Crippen LogP contribution in [-0.4, -0.2) is 13.1 Å². The maximum atomic E-state index is 2.48. The fraction of sp³-hybridized carbons (Fsp3) is 0.538. The SMILES string of the molecule is CCN1CC(C)(C)Cc2ccccc21. The molecule has 0 radical (unpaired) electrons. The van der Waals surface area contributed by atoms with E-state index in [0.29, 0.717) is 5.41 Å². The van der Waals surface area contributed by atoms with Gasteiger partial charge in [-0.05, 0) is 30.4 Å². The standard InChI is InChI=1S/C13H19N/c1-4-14-10-13(2,3)9-11-7-5-6-8-12(11)14/h5-8H,4,9-10H2,1-3H3. The topological polar surface area (TPSA) is 3.24 Å². The van der Waals surface area contributed by atoms with Gasteiger partial charge in [0.2, 0.25) is 0 Å². The number of hydrogen-bond donors (Lipinski definition) is 0. The van der Waals surface area contributed by atoms with Gasteiger partial charge in [-0.15, -0.1) is 0 Å². The molecule has 0 atom stereocenters. The molecule has 0 spiro atoms. The summed E-state index contributed by atoms with van der Waals surface area (Å²) in [7, 11) is 0. The van der Waals surface area contributed by atoms with E-state index < -0.39 is 0 Å². The molecule has 14 heavy (non-hydrogen) atoms. The summed E-state index contributed by atoms with van der Waals surface area (Å²) < 4.78 is 0. The van der Waals surface area contributed by atoms with Crippen molar-refractivity contribution in [2.75, 3.05) is 18.0 Å². The van der Waals surface area contributed by atoms with Crippen LogP contribution >= 0.6 is 0 Å². The van der Waals surface area contributed by atoms with Gasteiger partial charge in [0, 0.05) is 18.8 Å². The zero-order chi connectivity index (χ0) is 10.2. The average molecular weight is 189 g/mol. The number of hydrogen-bond acceptors (Lipinski definition) is 1. The van der Waals surface area contributed by atoms with E-state index in [1.54, 1.807) is 0 Å². The van der Waals surface area contributed by atoms with E-state index in [9.17, 15) is 0 Å². The first-order chi connectivity index (χ1) is 6.62. The maximum absolute atomic E-state index is 2.48. The van der Waals surface area contributed by atoms with Crippen molar-refractivity contribution in [1.82, 2.24) is 0 Å². The van der Waals surface area contributed by atoms with Crippen molar-refractivity contribution in [2.24, 2.45) is 5.41 Å². The molecule has 2 rings (SSSR count). The summed E-state index contributed by atoms with van der Waals surface area (Å²) in [5, 5.41) is 0. The quantitative estimate of drug-likeness (QED) is 0.656. The largest absolute Gasteiger partial charge is 0.371 e. The summed E-state index contributed by atoms with van der Waals surface area (Å²) in [4.78, 5) is 2.48. The lowest BCUT2D eigenvalue weighted by Crippen LogP contribution is -2.40. The van der Waals surface area contributed by atoms with Gasteiger partial charge >= 0.3 is 0 Å². The van der Waals surface area contributed by atoms with Gasteiger partial charge in [0.25, 0.3) is 0 Å². The predicted octanol–water partition coefficient (Wildman–Crippen LogP) is 3.10.